The second kappa shape index (κ2) is 11.9. The Hall–Kier alpha value is -5.32. The molecule has 0 saturated carbocycles. The van der Waals surface area contributed by atoms with Crippen LogP contribution in [-0.4, -0.2) is 40.1 Å². The van der Waals surface area contributed by atoms with Crippen LogP contribution in [-0.2, 0) is 12.8 Å². The predicted octanol–water partition coefficient (Wildman–Crippen LogP) is 7.22. The number of halogens is 3. The molecule has 0 fully saturated rings. The van der Waals surface area contributed by atoms with Crippen molar-refractivity contribution in [1.82, 2.24) is 14.8 Å². The van der Waals surface area contributed by atoms with Gasteiger partial charge in [-0.1, -0.05) is 36.4 Å². The first-order valence-corrected chi connectivity index (χ1v) is 13.0. The number of carboxylic acid groups (broad SMARTS) is 1. The Morgan fingerprint density at radius 2 is 1.70 bits per heavy atom. The number of para-hydroxylation sites is 1. The van der Waals surface area contributed by atoms with Gasteiger partial charge in [0.05, 0.1) is 26.1 Å². The molecule has 0 saturated heterocycles. The summed E-state index contributed by atoms with van der Waals surface area (Å²) in [5, 5.41) is 12.9. The van der Waals surface area contributed by atoms with Crippen molar-refractivity contribution in [2.45, 2.75) is 19.7 Å². The van der Waals surface area contributed by atoms with Crippen molar-refractivity contribution in [2.75, 3.05) is 14.2 Å². The second-order valence-electron chi connectivity index (χ2n) is 9.49. The number of aryl methyl sites for hydroxylation is 1. The summed E-state index contributed by atoms with van der Waals surface area (Å²) in [7, 11) is 3.20. The molecule has 0 bridgehead atoms. The summed E-state index contributed by atoms with van der Waals surface area (Å²) in [6, 6.07) is 23.1. The third-order valence-electron chi connectivity index (χ3n) is 6.83. The number of nitrogens with zero attached hydrogens (tertiary/aromatic N) is 3. The van der Waals surface area contributed by atoms with Gasteiger partial charge in [0.15, 0.2) is 11.5 Å². The van der Waals surface area contributed by atoms with Gasteiger partial charge < -0.3 is 19.3 Å². The van der Waals surface area contributed by atoms with E-state index in [1.165, 1.54) is 12.1 Å². The number of pyridine rings is 1. The highest BCUT2D eigenvalue weighted by Crippen LogP contribution is 2.36. The van der Waals surface area contributed by atoms with Crippen LogP contribution in [0.2, 0.25) is 0 Å². The summed E-state index contributed by atoms with van der Waals surface area (Å²) in [5.74, 6) is -0.0813. The summed E-state index contributed by atoms with van der Waals surface area (Å²) in [4.78, 5) is 15.8. The molecule has 0 atom stereocenters. The van der Waals surface area contributed by atoms with E-state index >= 15 is 0 Å². The summed E-state index contributed by atoms with van der Waals surface area (Å²) in [5.41, 5.74) is 2.28. The second-order valence-corrected chi connectivity index (χ2v) is 9.49. The molecular weight excluding hydrogens is 563 g/mol. The summed E-state index contributed by atoms with van der Waals surface area (Å²) in [6.45, 7) is 2.20. The minimum Gasteiger partial charge on any atom is -0.497 e. The van der Waals surface area contributed by atoms with Crippen LogP contribution in [0.4, 0.5) is 13.2 Å². The molecule has 1 N–H and O–H groups in total. The van der Waals surface area contributed by atoms with E-state index in [1.807, 2.05) is 43.3 Å². The van der Waals surface area contributed by atoms with Crippen molar-refractivity contribution in [3.8, 4) is 45.5 Å². The molecule has 43 heavy (non-hydrogen) atoms. The Labute approximate surface area is 244 Å². The largest absolute Gasteiger partial charge is 0.497 e. The predicted molar refractivity (Wildman–Crippen MR) is 153 cm³/mol. The van der Waals surface area contributed by atoms with Crippen LogP contribution >= 0.6 is 0 Å². The van der Waals surface area contributed by atoms with Crippen LogP contribution < -0.4 is 14.2 Å². The van der Waals surface area contributed by atoms with Crippen molar-refractivity contribution in [2.24, 2.45) is 0 Å². The molecule has 5 aromatic rings. The number of methoxy groups -OCH3 is 2. The van der Waals surface area contributed by atoms with Gasteiger partial charge in [-0.3, -0.25) is 0 Å². The molecule has 0 unspecified atom stereocenters. The van der Waals surface area contributed by atoms with E-state index in [1.54, 1.807) is 44.6 Å². The maximum atomic E-state index is 13.8. The first kappa shape index (κ1) is 29.2. The molecule has 11 heteroatoms. The Balaban J connectivity index is 1.42. The molecule has 0 spiro atoms. The lowest BCUT2D eigenvalue weighted by atomic mass is 9.99. The van der Waals surface area contributed by atoms with Gasteiger partial charge >= 0.3 is 12.1 Å². The minimum atomic E-state index is -4.96. The van der Waals surface area contributed by atoms with Crippen LogP contribution in [0.1, 0.15) is 27.2 Å². The smallest absolute Gasteiger partial charge is 0.434 e. The van der Waals surface area contributed by atoms with Gasteiger partial charge in [0.1, 0.15) is 29.4 Å². The topological polar surface area (TPSA) is 95.7 Å². The van der Waals surface area contributed by atoms with E-state index in [4.69, 9.17) is 14.2 Å². The Morgan fingerprint density at radius 3 is 2.40 bits per heavy atom. The van der Waals surface area contributed by atoms with Gasteiger partial charge in [-0.2, -0.15) is 18.3 Å². The molecular formula is C32H26F3N3O5. The van der Waals surface area contributed by atoms with E-state index in [2.05, 4.69) is 10.1 Å². The lowest BCUT2D eigenvalue weighted by Crippen LogP contribution is -2.18. The number of benzene rings is 3. The summed E-state index contributed by atoms with van der Waals surface area (Å²) < 4.78 is 58.8. The van der Waals surface area contributed by atoms with Crippen molar-refractivity contribution in [3.63, 3.8) is 0 Å². The van der Waals surface area contributed by atoms with Crippen molar-refractivity contribution < 1.29 is 37.3 Å². The molecule has 0 aliphatic carbocycles. The van der Waals surface area contributed by atoms with E-state index in [0.717, 1.165) is 22.3 Å². The van der Waals surface area contributed by atoms with Crippen LogP contribution in [0.3, 0.4) is 0 Å². The number of ether oxygens (including phenoxy) is 3. The highest BCUT2D eigenvalue weighted by Gasteiger charge is 2.41. The molecule has 0 radical (unpaired) electrons. The van der Waals surface area contributed by atoms with Gasteiger partial charge in [0, 0.05) is 17.2 Å². The Kier molecular flexibility index (Phi) is 8.07. The monoisotopic (exact) mass is 589 g/mol. The zero-order valence-corrected chi connectivity index (χ0v) is 23.3. The SMILES string of the molecule is COc1ccc(-c2ccc(COc3ccccc3-c3cccc(-n4ncc(C(=O)O)c4C(F)(F)F)n3)c(C)c2)c(OC)c1. The quantitative estimate of drug-likeness (QED) is 0.194. The van der Waals surface area contributed by atoms with Gasteiger partial charge in [-0.15, -0.1) is 0 Å². The van der Waals surface area contributed by atoms with Gasteiger partial charge in [-0.25, -0.2) is 14.5 Å². The fourth-order valence-corrected chi connectivity index (χ4v) is 4.66. The van der Waals surface area contributed by atoms with E-state index < -0.39 is 23.4 Å². The first-order valence-electron chi connectivity index (χ1n) is 13.0. The summed E-state index contributed by atoms with van der Waals surface area (Å²) >= 11 is 0. The Morgan fingerprint density at radius 1 is 0.907 bits per heavy atom. The fourth-order valence-electron chi connectivity index (χ4n) is 4.66. The van der Waals surface area contributed by atoms with Crippen LogP contribution in [0.25, 0.3) is 28.2 Å². The maximum Gasteiger partial charge on any atom is 0.434 e. The molecule has 2 aromatic heterocycles. The fraction of sp³-hybridized carbons (Fsp3) is 0.156. The lowest BCUT2D eigenvalue weighted by Gasteiger charge is -2.15. The van der Waals surface area contributed by atoms with E-state index in [0.29, 0.717) is 39.4 Å². The zero-order valence-electron chi connectivity index (χ0n) is 23.3. The first-order chi connectivity index (χ1) is 20.6. The third kappa shape index (κ3) is 6.01. The number of rotatable bonds is 9. The minimum absolute atomic E-state index is 0.187. The maximum absolute atomic E-state index is 13.8. The van der Waals surface area contributed by atoms with Gasteiger partial charge in [0.25, 0.3) is 0 Å². The molecule has 2 heterocycles. The van der Waals surface area contributed by atoms with E-state index in [-0.39, 0.29) is 12.4 Å². The number of aromatic nitrogens is 3. The van der Waals surface area contributed by atoms with Crippen LogP contribution in [0.15, 0.2) is 85.1 Å². The average Bonchev–Trinajstić information content (AvgIpc) is 3.47. The highest BCUT2D eigenvalue weighted by atomic mass is 19.4. The lowest BCUT2D eigenvalue weighted by molar-refractivity contribution is -0.143. The Bertz CT molecular complexity index is 1800. The molecule has 0 aliphatic heterocycles. The third-order valence-corrected chi connectivity index (χ3v) is 6.83. The van der Waals surface area contributed by atoms with Crippen molar-refractivity contribution in [3.05, 3.63) is 107 Å². The highest BCUT2D eigenvalue weighted by molar-refractivity contribution is 5.89. The normalized spacial score (nSPS) is 11.3. The molecule has 3 aromatic carbocycles. The molecule has 5 rings (SSSR count). The molecule has 8 nitrogen and oxygen atoms in total. The molecule has 0 amide bonds. The van der Waals surface area contributed by atoms with Crippen molar-refractivity contribution in [1.29, 1.82) is 0 Å². The average molecular weight is 590 g/mol. The number of alkyl halides is 3. The van der Waals surface area contributed by atoms with Crippen LogP contribution in [0, 0.1) is 6.92 Å². The molecule has 0 aliphatic rings. The van der Waals surface area contributed by atoms with Crippen molar-refractivity contribution >= 4 is 5.97 Å². The van der Waals surface area contributed by atoms with Gasteiger partial charge in [-0.05, 0) is 60.0 Å². The molecule has 220 valence electrons. The number of hydrogen-bond acceptors (Lipinski definition) is 6. The van der Waals surface area contributed by atoms with Crippen LogP contribution in [0.5, 0.6) is 17.2 Å². The summed E-state index contributed by atoms with van der Waals surface area (Å²) in [6.07, 6.45) is -4.30. The number of aromatic carboxylic acids is 1. The zero-order chi connectivity index (χ0) is 30.7. The van der Waals surface area contributed by atoms with Gasteiger partial charge in [0.2, 0.25) is 0 Å². The number of hydrogen-bond donors (Lipinski definition) is 1. The van der Waals surface area contributed by atoms with E-state index in [9.17, 15) is 23.1 Å². The number of carbonyl (C=O) groups is 1. The standard InChI is InChI=1S/C32H26F3N3O5/c1-19-15-20(23-14-13-22(41-2)16-28(23)42-3)11-12-21(19)18-43-27-9-5-4-7-24(27)26-8-6-10-29(37-26)38-30(32(33,34)35)25(17-36-38)31(39)40/h4-17H,18H2,1-3H3,(H,39,40). The number of carboxylic acids is 1.